The number of hydrogen-bond acceptors (Lipinski definition) is 3. The fraction of sp³-hybridized carbons (Fsp3) is 0.267. The van der Waals surface area contributed by atoms with E-state index in [4.69, 9.17) is 14.6 Å². The summed E-state index contributed by atoms with van der Waals surface area (Å²) in [6.45, 7) is 4.74. The number of allylic oxidation sites excluding steroid dienone is 1. The molecule has 20 heavy (non-hydrogen) atoms. The Morgan fingerprint density at radius 2 is 2.15 bits per heavy atom. The molecule has 5 heteroatoms. The summed E-state index contributed by atoms with van der Waals surface area (Å²) in [6, 6.07) is 3.53. The van der Waals surface area contributed by atoms with Gasteiger partial charge in [-0.1, -0.05) is 12.2 Å². The summed E-state index contributed by atoms with van der Waals surface area (Å²) in [5.74, 6) is 0.196. The minimum absolute atomic E-state index is 0.444. The number of carboxylic acids is 1. The van der Waals surface area contributed by atoms with Gasteiger partial charge in [0, 0.05) is 6.08 Å². The van der Waals surface area contributed by atoms with Crippen molar-refractivity contribution in [3.63, 3.8) is 0 Å². The molecule has 108 valence electrons. The zero-order chi connectivity index (χ0) is 15.0. The van der Waals surface area contributed by atoms with Crippen LogP contribution < -0.4 is 9.47 Å². The van der Waals surface area contributed by atoms with Gasteiger partial charge in [0.2, 0.25) is 0 Å². The lowest BCUT2D eigenvalue weighted by molar-refractivity contribution is -0.131. The average Bonchev–Trinajstić information content (AvgIpc) is 2.39. The van der Waals surface area contributed by atoms with Crippen molar-refractivity contribution in [1.82, 2.24) is 0 Å². The van der Waals surface area contributed by atoms with Gasteiger partial charge in [0.05, 0.1) is 11.1 Å². The van der Waals surface area contributed by atoms with E-state index in [2.05, 4.69) is 15.9 Å². The lowest BCUT2D eigenvalue weighted by Crippen LogP contribution is -2.00. The summed E-state index contributed by atoms with van der Waals surface area (Å²) < 4.78 is 11.9. The minimum atomic E-state index is -0.993. The monoisotopic (exact) mass is 340 g/mol. The first-order valence-corrected chi connectivity index (χ1v) is 6.99. The molecule has 0 amide bonds. The van der Waals surface area contributed by atoms with Crippen LogP contribution in [-0.2, 0) is 4.79 Å². The highest BCUT2D eigenvalue weighted by atomic mass is 79.9. The fourth-order valence-electron chi connectivity index (χ4n) is 1.48. The molecule has 4 nitrogen and oxygen atoms in total. The highest BCUT2D eigenvalue weighted by Crippen LogP contribution is 2.37. The van der Waals surface area contributed by atoms with E-state index < -0.39 is 5.97 Å². The first-order valence-electron chi connectivity index (χ1n) is 6.19. The van der Waals surface area contributed by atoms with E-state index in [-0.39, 0.29) is 0 Å². The number of benzene rings is 1. The molecular formula is C15H17BrO4. The molecular weight excluding hydrogens is 324 g/mol. The third-order valence-electron chi connectivity index (χ3n) is 2.31. The number of hydrogen-bond donors (Lipinski definition) is 1. The number of rotatable bonds is 7. The molecule has 0 bridgehead atoms. The molecule has 1 N–H and O–H groups in total. The second-order valence-corrected chi connectivity index (χ2v) is 4.67. The molecule has 1 aromatic rings. The smallest absolute Gasteiger partial charge is 0.328 e. The standard InChI is InChI=1S/C15H17BrO4/c1-3-5-8-20-15-12(16)9-11(6-7-14(17)18)10-13(15)19-4-2/h3,5-7,9-10H,4,8H2,1-2H3,(H,17,18)/b5-3+,7-6+. The van der Waals surface area contributed by atoms with Gasteiger partial charge in [-0.05, 0) is 53.5 Å². The van der Waals surface area contributed by atoms with E-state index in [9.17, 15) is 4.79 Å². The molecule has 0 fully saturated rings. The van der Waals surface area contributed by atoms with Crippen molar-refractivity contribution in [1.29, 1.82) is 0 Å². The number of carbonyl (C=O) groups is 1. The van der Waals surface area contributed by atoms with Crippen LogP contribution in [0.2, 0.25) is 0 Å². The van der Waals surface area contributed by atoms with Gasteiger partial charge in [-0.15, -0.1) is 0 Å². The second-order valence-electron chi connectivity index (χ2n) is 3.81. The number of ether oxygens (including phenoxy) is 2. The van der Waals surface area contributed by atoms with Crippen molar-refractivity contribution < 1.29 is 19.4 Å². The van der Waals surface area contributed by atoms with Gasteiger partial charge in [-0.2, -0.15) is 0 Å². The number of carboxylic acid groups (broad SMARTS) is 1. The van der Waals surface area contributed by atoms with Gasteiger partial charge < -0.3 is 14.6 Å². The van der Waals surface area contributed by atoms with Crippen molar-refractivity contribution in [2.75, 3.05) is 13.2 Å². The first kappa shape index (κ1) is 16.3. The highest BCUT2D eigenvalue weighted by molar-refractivity contribution is 9.10. The summed E-state index contributed by atoms with van der Waals surface area (Å²) in [4.78, 5) is 10.5. The van der Waals surface area contributed by atoms with Crippen molar-refractivity contribution >= 4 is 28.0 Å². The zero-order valence-corrected chi connectivity index (χ0v) is 13.0. The lowest BCUT2D eigenvalue weighted by Gasteiger charge is -2.13. The Bertz CT molecular complexity index is 521. The van der Waals surface area contributed by atoms with E-state index in [0.29, 0.717) is 24.7 Å². The van der Waals surface area contributed by atoms with Crippen LogP contribution in [0.15, 0.2) is 34.8 Å². The van der Waals surface area contributed by atoms with Crippen LogP contribution in [0.5, 0.6) is 11.5 Å². The quantitative estimate of drug-likeness (QED) is 0.604. The topological polar surface area (TPSA) is 55.8 Å². The molecule has 0 aliphatic rings. The molecule has 0 saturated carbocycles. The van der Waals surface area contributed by atoms with Crippen LogP contribution in [0.3, 0.4) is 0 Å². The van der Waals surface area contributed by atoms with Crippen LogP contribution in [-0.4, -0.2) is 24.3 Å². The molecule has 0 radical (unpaired) electrons. The Hall–Kier alpha value is -1.75. The Morgan fingerprint density at radius 3 is 2.75 bits per heavy atom. The minimum Gasteiger partial charge on any atom is -0.490 e. The molecule has 0 unspecified atom stereocenters. The Balaban J connectivity index is 3.07. The summed E-state index contributed by atoms with van der Waals surface area (Å²) in [7, 11) is 0. The maximum Gasteiger partial charge on any atom is 0.328 e. The largest absolute Gasteiger partial charge is 0.490 e. The van der Waals surface area contributed by atoms with Gasteiger partial charge in [0.1, 0.15) is 6.61 Å². The average molecular weight is 341 g/mol. The summed E-state index contributed by atoms with van der Waals surface area (Å²) >= 11 is 3.42. The Kier molecular flexibility index (Phi) is 6.87. The van der Waals surface area contributed by atoms with Crippen molar-refractivity contribution in [3.8, 4) is 11.5 Å². The Morgan fingerprint density at radius 1 is 1.40 bits per heavy atom. The normalized spacial score (nSPS) is 11.2. The molecule has 0 aromatic heterocycles. The molecule has 0 atom stereocenters. The zero-order valence-electron chi connectivity index (χ0n) is 11.4. The first-order chi connectivity index (χ1) is 9.58. The predicted octanol–water partition coefficient (Wildman–Crippen LogP) is 3.90. The van der Waals surface area contributed by atoms with Crippen LogP contribution >= 0.6 is 15.9 Å². The molecule has 0 saturated heterocycles. The molecule has 0 heterocycles. The van der Waals surface area contributed by atoms with Gasteiger partial charge >= 0.3 is 5.97 Å². The van der Waals surface area contributed by atoms with Crippen molar-refractivity contribution in [2.24, 2.45) is 0 Å². The van der Waals surface area contributed by atoms with Gasteiger partial charge in [0.25, 0.3) is 0 Å². The number of halogens is 1. The van der Waals surface area contributed by atoms with Crippen LogP contribution in [0.1, 0.15) is 19.4 Å². The second kappa shape index (κ2) is 8.43. The van der Waals surface area contributed by atoms with Gasteiger partial charge in [-0.3, -0.25) is 0 Å². The maximum atomic E-state index is 10.5. The van der Waals surface area contributed by atoms with Gasteiger partial charge in [-0.25, -0.2) is 4.79 Å². The molecule has 0 spiro atoms. The maximum absolute atomic E-state index is 10.5. The SMILES string of the molecule is C/C=C/COc1c(Br)cc(/C=C/C(=O)O)cc1OCC. The third kappa shape index (κ3) is 5.09. The van der Waals surface area contributed by atoms with Crippen molar-refractivity contribution in [2.45, 2.75) is 13.8 Å². The Labute approximate surface area is 126 Å². The molecule has 0 aliphatic heterocycles. The van der Waals surface area contributed by atoms with E-state index in [1.807, 2.05) is 26.0 Å². The fourth-order valence-corrected chi connectivity index (χ4v) is 2.06. The van der Waals surface area contributed by atoms with E-state index in [1.165, 1.54) is 6.08 Å². The van der Waals surface area contributed by atoms with Gasteiger partial charge in [0.15, 0.2) is 11.5 Å². The number of aliphatic carboxylic acids is 1. The summed E-state index contributed by atoms with van der Waals surface area (Å²) in [5.41, 5.74) is 0.723. The summed E-state index contributed by atoms with van der Waals surface area (Å²) in [5, 5.41) is 8.65. The van der Waals surface area contributed by atoms with Crippen molar-refractivity contribution in [3.05, 3.63) is 40.4 Å². The third-order valence-corrected chi connectivity index (χ3v) is 2.90. The van der Waals surface area contributed by atoms with Crippen LogP contribution in [0.25, 0.3) is 6.08 Å². The van der Waals surface area contributed by atoms with E-state index in [0.717, 1.165) is 16.1 Å². The molecule has 1 rings (SSSR count). The molecule has 0 aliphatic carbocycles. The highest BCUT2D eigenvalue weighted by Gasteiger charge is 2.11. The molecule has 1 aromatic carbocycles. The predicted molar refractivity (Wildman–Crippen MR) is 82.3 cm³/mol. The van der Waals surface area contributed by atoms with E-state index in [1.54, 1.807) is 12.1 Å². The summed E-state index contributed by atoms with van der Waals surface area (Å²) in [6.07, 6.45) is 6.38. The van der Waals surface area contributed by atoms with Crippen LogP contribution in [0.4, 0.5) is 0 Å². The van der Waals surface area contributed by atoms with E-state index >= 15 is 0 Å². The lowest BCUT2D eigenvalue weighted by atomic mass is 10.2. The van der Waals surface area contributed by atoms with Crippen LogP contribution in [0, 0.1) is 0 Å².